The summed E-state index contributed by atoms with van der Waals surface area (Å²) in [6.07, 6.45) is 1.87. The molecule has 0 atom stereocenters. The average Bonchev–Trinajstić information content (AvgIpc) is 3.46. The van der Waals surface area contributed by atoms with Gasteiger partial charge in [-0.15, -0.1) is 11.3 Å². The number of carbonyl (C=O) groups is 4. The Labute approximate surface area is 200 Å². The van der Waals surface area contributed by atoms with Crippen LogP contribution < -0.4 is 10.6 Å². The number of likely N-dealkylation sites (tertiary alicyclic amines) is 1. The van der Waals surface area contributed by atoms with Crippen LogP contribution in [0.15, 0.2) is 16.8 Å². The Kier molecular flexibility index (Phi) is 8.59. The van der Waals surface area contributed by atoms with Gasteiger partial charge in [0.2, 0.25) is 5.91 Å². The number of esters is 2. The first-order chi connectivity index (χ1) is 15.8. The molecule has 1 fully saturated rings. The molecule has 178 valence electrons. The van der Waals surface area contributed by atoms with E-state index in [1.54, 1.807) is 6.92 Å². The van der Waals surface area contributed by atoms with Crippen molar-refractivity contribution >= 4 is 51.4 Å². The maximum Gasteiger partial charge on any atom is 0.348 e. The third-order valence-electron chi connectivity index (χ3n) is 5.52. The number of methoxy groups -OCH3 is 2. The molecule has 33 heavy (non-hydrogen) atoms. The lowest BCUT2D eigenvalue weighted by molar-refractivity contribution is -0.116. The van der Waals surface area contributed by atoms with Crippen LogP contribution in [0.5, 0.6) is 0 Å². The lowest BCUT2D eigenvalue weighted by Gasteiger charge is -2.32. The predicted octanol–water partition coefficient (Wildman–Crippen LogP) is 2.91. The van der Waals surface area contributed by atoms with E-state index in [0.29, 0.717) is 17.7 Å². The first kappa shape index (κ1) is 24.9. The number of thiophene rings is 2. The van der Waals surface area contributed by atoms with Gasteiger partial charge in [-0.1, -0.05) is 0 Å². The molecule has 1 saturated heterocycles. The summed E-state index contributed by atoms with van der Waals surface area (Å²) in [6, 6.07) is 1.93. The van der Waals surface area contributed by atoms with Gasteiger partial charge in [-0.3, -0.25) is 9.59 Å². The molecule has 3 rings (SSSR count). The van der Waals surface area contributed by atoms with Crippen LogP contribution in [0.25, 0.3) is 0 Å². The number of ether oxygens (including phenoxy) is 2. The molecule has 0 aromatic carbocycles. The molecule has 2 N–H and O–H groups in total. The molecule has 0 radical (unpaired) electrons. The van der Waals surface area contributed by atoms with Crippen LogP contribution in [0.1, 0.15) is 55.2 Å². The Hall–Kier alpha value is -2.76. The molecule has 2 aromatic heterocycles. The Morgan fingerprint density at radius 2 is 1.82 bits per heavy atom. The molecule has 1 aliphatic heterocycles. The van der Waals surface area contributed by atoms with E-state index in [9.17, 15) is 19.2 Å². The second kappa shape index (κ2) is 11.4. The lowest BCUT2D eigenvalue weighted by Crippen LogP contribution is -2.45. The SMILES string of the molecule is COC(=O)c1sc(NC(=O)CCN2CCC(NC(=O)c3ccsc3)CC2)c(C(=O)OC)c1C. The molecule has 9 nitrogen and oxygen atoms in total. The topological polar surface area (TPSA) is 114 Å². The molecule has 0 aliphatic carbocycles. The summed E-state index contributed by atoms with van der Waals surface area (Å²) in [7, 11) is 2.50. The summed E-state index contributed by atoms with van der Waals surface area (Å²) in [4.78, 5) is 51.4. The number of piperidine rings is 1. The van der Waals surface area contributed by atoms with Gasteiger partial charge in [0.05, 0.1) is 19.8 Å². The Morgan fingerprint density at radius 3 is 2.42 bits per heavy atom. The van der Waals surface area contributed by atoms with E-state index >= 15 is 0 Å². The third kappa shape index (κ3) is 6.18. The fourth-order valence-electron chi connectivity index (χ4n) is 3.65. The standard InChI is InChI=1S/C22H27N3O6S2/c1-13-17(21(28)30-2)20(33-18(13)22(29)31-3)24-16(26)6-10-25-8-4-15(5-9-25)23-19(27)14-7-11-32-12-14/h7,11-12,15H,4-6,8-10H2,1-3H3,(H,23,27)(H,24,26). The summed E-state index contributed by atoms with van der Waals surface area (Å²) < 4.78 is 9.57. The maximum atomic E-state index is 12.6. The van der Waals surface area contributed by atoms with Gasteiger partial charge in [0.15, 0.2) is 0 Å². The smallest absolute Gasteiger partial charge is 0.348 e. The predicted molar refractivity (Wildman–Crippen MR) is 126 cm³/mol. The molecular weight excluding hydrogens is 466 g/mol. The van der Waals surface area contributed by atoms with Crippen LogP contribution >= 0.6 is 22.7 Å². The van der Waals surface area contributed by atoms with E-state index in [1.165, 1.54) is 25.6 Å². The summed E-state index contributed by atoms with van der Waals surface area (Å²) in [5, 5.41) is 9.80. The van der Waals surface area contributed by atoms with Crippen LogP contribution in [-0.2, 0) is 14.3 Å². The molecule has 2 aromatic rings. The Morgan fingerprint density at radius 1 is 1.12 bits per heavy atom. The summed E-state index contributed by atoms with van der Waals surface area (Å²) in [6.45, 7) is 3.73. The summed E-state index contributed by atoms with van der Waals surface area (Å²) in [5.41, 5.74) is 1.27. The van der Waals surface area contributed by atoms with Gasteiger partial charge in [-0.2, -0.15) is 11.3 Å². The van der Waals surface area contributed by atoms with Gasteiger partial charge < -0.3 is 25.0 Å². The summed E-state index contributed by atoms with van der Waals surface area (Å²) >= 11 is 2.49. The number of nitrogens with one attached hydrogen (secondary N) is 2. The molecule has 1 aliphatic rings. The van der Waals surface area contributed by atoms with Crippen molar-refractivity contribution in [2.45, 2.75) is 32.2 Å². The lowest BCUT2D eigenvalue weighted by atomic mass is 10.0. The second-order valence-electron chi connectivity index (χ2n) is 7.64. The van der Waals surface area contributed by atoms with Crippen molar-refractivity contribution < 1.29 is 28.7 Å². The minimum absolute atomic E-state index is 0.0481. The number of hydrogen-bond acceptors (Lipinski definition) is 9. The van der Waals surface area contributed by atoms with Gasteiger partial charge in [-0.05, 0) is 36.8 Å². The van der Waals surface area contributed by atoms with Crippen LogP contribution in [0.3, 0.4) is 0 Å². The number of nitrogens with zero attached hydrogens (tertiary/aromatic N) is 1. The van der Waals surface area contributed by atoms with Crippen molar-refractivity contribution in [1.29, 1.82) is 0 Å². The minimum atomic E-state index is -0.624. The number of hydrogen-bond donors (Lipinski definition) is 2. The molecular formula is C22H27N3O6S2. The zero-order valence-corrected chi connectivity index (χ0v) is 20.4. The van der Waals surface area contributed by atoms with E-state index < -0.39 is 11.9 Å². The largest absolute Gasteiger partial charge is 0.465 e. The molecule has 0 spiro atoms. The maximum absolute atomic E-state index is 12.6. The normalized spacial score (nSPS) is 14.5. The van der Waals surface area contributed by atoms with Gasteiger partial charge in [0.25, 0.3) is 5.91 Å². The number of rotatable bonds is 8. The molecule has 0 saturated carbocycles. The van der Waals surface area contributed by atoms with Crippen LogP contribution in [0, 0.1) is 6.92 Å². The molecule has 3 heterocycles. The van der Waals surface area contributed by atoms with Crippen molar-refractivity contribution in [1.82, 2.24) is 10.2 Å². The zero-order valence-electron chi connectivity index (χ0n) is 18.8. The number of amides is 2. The molecule has 0 bridgehead atoms. The molecule has 2 amide bonds. The first-order valence-electron chi connectivity index (χ1n) is 10.5. The van der Waals surface area contributed by atoms with Crippen molar-refractivity contribution in [3.05, 3.63) is 38.4 Å². The molecule has 11 heteroatoms. The number of anilines is 1. The first-order valence-corrected chi connectivity index (χ1v) is 12.2. The van der Waals surface area contributed by atoms with Crippen LogP contribution in [-0.4, -0.2) is 68.5 Å². The molecule has 0 unspecified atom stereocenters. The van der Waals surface area contributed by atoms with E-state index in [-0.39, 0.29) is 39.7 Å². The van der Waals surface area contributed by atoms with E-state index in [4.69, 9.17) is 9.47 Å². The van der Waals surface area contributed by atoms with Gasteiger partial charge >= 0.3 is 11.9 Å². The second-order valence-corrected chi connectivity index (χ2v) is 9.44. The van der Waals surface area contributed by atoms with Gasteiger partial charge in [0.1, 0.15) is 9.88 Å². The van der Waals surface area contributed by atoms with Crippen molar-refractivity contribution in [3.8, 4) is 0 Å². The summed E-state index contributed by atoms with van der Waals surface area (Å²) in [5.74, 6) is -1.50. The Bertz CT molecular complexity index is 1010. The van der Waals surface area contributed by atoms with Crippen molar-refractivity contribution in [3.63, 3.8) is 0 Å². The highest BCUT2D eigenvalue weighted by atomic mass is 32.1. The fourth-order valence-corrected chi connectivity index (χ4v) is 5.41. The van der Waals surface area contributed by atoms with E-state index in [1.807, 2.05) is 16.8 Å². The fraction of sp³-hybridized carbons (Fsp3) is 0.455. The highest BCUT2D eigenvalue weighted by Crippen LogP contribution is 2.34. The zero-order chi connectivity index (χ0) is 24.0. The third-order valence-corrected chi connectivity index (χ3v) is 7.39. The van der Waals surface area contributed by atoms with E-state index in [0.717, 1.165) is 37.3 Å². The van der Waals surface area contributed by atoms with Crippen LogP contribution in [0.2, 0.25) is 0 Å². The van der Waals surface area contributed by atoms with Crippen molar-refractivity contribution in [2.24, 2.45) is 0 Å². The highest BCUT2D eigenvalue weighted by molar-refractivity contribution is 7.18. The van der Waals surface area contributed by atoms with Gasteiger partial charge in [-0.25, -0.2) is 9.59 Å². The van der Waals surface area contributed by atoms with Crippen LogP contribution in [0.4, 0.5) is 5.00 Å². The highest BCUT2D eigenvalue weighted by Gasteiger charge is 2.27. The van der Waals surface area contributed by atoms with Crippen molar-refractivity contribution in [2.75, 3.05) is 39.2 Å². The average molecular weight is 494 g/mol. The monoisotopic (exact) mass is 493 g/mol. The quantitative estimate of drug-likeness (QED) is 0.544. The van der Waals surface area contributed by atoms with Gasteiger partial charge in [0, 0.05) is 43.0 Å². The number of carbonyl (C=O) groups excluding carboxylic acids is 4. The van der Waals surface area contributed by atoms with E-state index in [2.05, 4.69) is 15.5 Å². The Balaban J connectivity index is 1.50. The minimum Gasteiger partial charge on any atom is -0.465 e.